The van der Waals surface area contributed by atoms with Crippen molar-refractivity contribution in [1.29, 1.82) is 0 Å². The maximum Gasteiger partial charge on any atom is 0.275 e. The summed E-state index contributed by atoms with van der Waals surface area (Å²) in [7, 11) is 0. The summed E-state index contributed by atoms with van der Waals surface area (Å²) >= 11 is 0. The number of carbonyl (C=O) groups is 2. The highest BCUT2D eigenvalue weighted by molar-refractivity contribution is 5.99. The third-order valence-electron chi connectivity index (χ3n) is 6.56. The van der Waals surface area contributed by atoms with E-state index in [1.165, 1.54) is 35.0 Å². The Morgan fingerprint density at radius 1 is 1.16 bits per heavy atom. The molecule has 5 rings (SSSR count). The van der Waals surface area contributed by atoms with Crippen molar-refractivity contribution >= 4 is 11.8 Å². The first-order valence-corrected chi connectivity index (χ1v) is 10.5. The second-order valence-electron chi connectivity index (χ2n) is 8.33. The van der Waals surface area contributed by atoms with E-state index in [0.717, 1.165) is 25.8 Å². The van der Waals surface area contributed by atoms with Gasteiger partial charge in [-0.3, -0.25) is 19.3 Å². The van der Waals surface area contributed by atoms with Crippen LogP contribution in [0.2, 0.25) is 0 Å². The summed E-state index contributed by atoms with van der Waals surface area (Å²) in [6.07, 6.45) is 4.31. The minimum atomic E-state index is -0.870. The molecule has 2 amide bonds. The summed E-state index contributed by atoms with van der Waals surface area (Å²) in [5.41, 5.74) is -0.483. The summed E-state index contributed by atoms with van der Waals surface area (Å²) in [5, 5.41) is 13.1. The van der Waals surface area contributed by atoms with E-state index in [2.05, 4.69) is 10.2 Å². The van der Waals surface area contributed by atoms with E-state index >= 15 is 0 Å². The highest BCUT2D eigenvalue weighted by Gasteiger charge is 2.45. The summed E-state index contributed by atoms with van der Waals surface area (Å²) in [5.74, 6) is -2.11. The molecule has 1 unspecified atom stereocenters. The molecule has 0 spiro atoms. The van der Waals surface area contributed by atoms with E-state index in [1.54, 1.807) is 4.90 Å². The number of fused-ring (bicyclic) bond motifs is 4. The SMILES string of the molecule is O=C(NCc1ccc(F)cc1)c1cn2c(c(O)c1=O)C(=O)N1CCC3CCCN3[C@@H]1C2. The van der Waals surface area contributed by atoms with Crippen LogP contribution in [0.1, 0.15) is 45.7 Å². The van der Waals surface area contributed by atoms with Gasteiger partial charge in [0.15, 0.2) is 11.4 Å². The van der Waals surface area contributed by atoms with E-state index in [-0.39, 0.29) is 35.7 Å². The lowest BCUT2D eigenvalue weighted by Crippen LogP contribution is -2.62. The van der Waals surface area contributed by atoms with Gasteiger partial charge in [-0.15, -0.1) is 0 Å². The lowest BCUT2D eigenvalue weighted by molar-refractivity contribution is -0.0211. The Balaban J connectivity index is 1.43. The maximum atomic E-state index is 13.1. The smallest absolute Gasteiger partial charge is 0.275 e. The van der Waals surface area contributed by atoms with Crippen LogP contribution in [-0.4, -0.2) is 56.6 Å². The molecule has 2 N–H and O–H groups in total. The summed E-state index contributed by atoms with van der Waals surface area (Å²) in [4.78, 5) is 42.5. The Morgan fingerprint density at radius 2 is 1.94 bits per heavy atom. The van der Waals surface area contributed by atoms with Gasteiger partial charge in [0.05, 0.1) is 6.54 Å². The molecule has 3 aliphatic rings. The number of rotatable bonds is 3. The molecule has 2 aromatic rings. The van der Waals surface area contributed by atoms with Gasteiger partial charge in [0.2, 0.25) is 5.43 Å². The fourth-order valence-electron chi connectivity index (χ4n) is 4.99. The van der Waals surface area contributed by atoms with E-state index in [0.29, 0.717) is 24.7 Å². The molecule has 2 fully saturated rings. The largest absolute Gasteiger partial charge is 0.503 e. The fourth-order valence-corrected chi connectivity index (χ4v) is 4.99. The number of nitrogens with one attached hydrogen (secondary N) is 1. The van der Waals surface area contributed by atoms with Crippen LogP contribution < -0.4 is 10.7 Å². The first-order valence-electron chi connectivity index (χ1n) is 10.5. The average Bonchev–Trinajstić information content (AvgIpc) is 3.25. The zero-order valence-corrected chi connectivity index (χ0v) is 16.9. The van der Waals surface area contributed by atoms with Gasteiger partial charge in [0.1, 0.15) is 17.5 Å². The van der Waals surface area contributed by atoms with Crippen molar-refractivity contribution in [3.63, 3.8) is 0 Å². The van der Waals surface area contributed by atoms with Gasteiger partial charge in [-0.25, -0.2) is 4.39 Å². The molecular formula is C22H23FN4O4. The molecule has 162 valence electrons. The number of aromatic nitrogens is 1. The van der Waals surface area contributed by atoms with Crippen LogP contribution >= 0.6 is 0 Å². The molecular weight excluding hydrogens is 403 g/mol. The lowest BCUT2D eigenvalue weighted by atomic mass is 10.0. The monoisotopic (exact) mass is 426 g/mol. The zero-order chi connectivity index (χ0) is 21.7. The molecule has 0 bridgehead atoms. The second kappa shape index (κ2) is 7.49. The summed E-state index contributed by atoms with van der Waals surface area (Å²) in [6.45, 7) is 2.00. The highest BCUT2D eigenvalue weighted by atomic mass is 19.1. The van der Waals surface area contributed by atoms with Crippen molar-refractivity contribution in [3.05, 3.63) is 63.3 Å². The first-order chi connectivity index (χ1) is 14.9. The minimum Gasteiger partial charge on any atom is -0.503 e. The number of hydrogen-bond acceptors (Lipinski definition) is 5. The van der Waals surface area contributed by atoms with Crippen LogP contribution in [0, 0.1) is 5.82 Å². The fraction of sp³-hybridized carbons (Fsp3) is 0.409. The molecule has 4 heterocycles. The Morgan fingerprint density at radius 3 is 2.71 bits per heavy atom. The maximum absolute atomic E-state index is 13.1. The molecule has 0 radical (unpaired) electrons. The number of hydrogen-bond donors (Lipinski definition) is 2. The van der Waals surface area contributed by atoms with Gasteiger partial charge in [-0.05, 0) is 37.0 Å². The van der Waals surface area contributed by atoms with E-state index < -0.39 is 17.1 Å². The third-order valence-corrected chi connectivity index (χ3v) is 6.56. The Hall–Kier alpha value is -3.20. The van der Waals surface area contributed by atoms with Gasteiger partial charge >= 0.3 is 0 Å². The molecule has 0 aliphatic carbocycles. The van der Waals surface area contributed by atoms with E-state index in [9.17, 15) is 23.9 Å². The predicted molar refractivity (Wildman–Crippen MR) is 109 cm³/mol. The first kappa shape index (κ1) is 19.7. The highest BCUT2D eigenvalue weighted by Crippen LogP contribution is 2.34. The van der Waals surface area contributed by atoms with Crippen molar-refractivity contribution in [3.8, 4) is 5.75 Å². The molecule has 9 heteroatoms. The number of carbonyl (C=O) groups excluding carboxylic acids is 2. The third kappa shape index (κ3) is 3.29. The Kier molecular flexibility index (Phi) is 4.77. The van der Waals surface area contributed by atoms with Crippen molar-refractivity contribution < 1.29 is 19.1 Å². The van der Waals surface area contributed by atoms with Crippen molar-refractivity contribution in [2.45, 2.75) is 44.6 Å². The number of aromatic hydroxyl groups is 1. The predicted octanol–water partition coefficient (Wildman–Crippen LogP) is 1.27. The normalized spacial score (nSPS) is 22.6. The molecule has 0 saturated carbocycles. The van der Waals surface area contributed by atoms with Crippen LogP contribution in [0.3, 0.4) is 0 Å². The van der Waals surface area contributed by atoms with Crippen molar-refractivity contribution in [1.82, 2.24) is 19.7 Å². The topological polar surface area (TPSA) is 94.9 Å². The van der Waals surface area contributed by atoms with Gasteiger partial charge in [-0.2, -0.15) is 0 Å². The average molecular weight is 426 g/mol. The van der Waals surface area contributed by atoms with Gasteiger partial charge < -0.3 is 19.9 Å². The van der Waals surface area contributed by atoms with Crippen molar-refractivity contribution in [2.75, 3.05) is 13.1 Å². The lowest BCUT2D eigenvalue weighted by Gasteiger charge is -2.48. The number of benzene rings is 1. The number of nitrogens with zero attached hydrogens (tertiary/aromatic N) is 3. The standard InChI is InChI=1S/C22H23FN4O4/c23-14-5-3-13(4-6-14)10-24-21(30)16-11-25-12-17-26-8-1-2-15(26)7-9-27(17)22(31)18(25)20(29)19(16)28/h3-6,11,15,17,29H,1-2,7-10,12H2,(H,24,30)/t15?,17-/m0/s1. The quantitative estimate of drug-likeness (QED) is 0.771. The molecule has 31 heavy (non-hydrogen) atoms. The van der Waals surface area contributed by atoms with Crippen LogP contribution in [0.15, 0.2) is 35.3 Å². The van der Waals surface area contributed by atoms with Crippen LogP contribution in [0.25, 0.3) is 0 Å². The minimum absolute atomic E-state index is 0.0611. The summed E-state index contributed by atoms with van der Waals surface area (Å²) in [6, 6.07) is 6.09. The van der Waals surface area contributed by atoms with Crippen LogP contribution in [0.5, 0.6) is 5.75 Å². The molecule has 8 nitrogen and oxygen atoms in total. The summed E-state index contributed by atoms with van der Waals surface area (Å²) < 4.78 is 14.6. The van der Waals surface area contributed by atoms with Gasteiger partial charge in [0.25, 0.3) is 11.8 Å². The molecule has 1 aromatic carbocycles. The van der Waals surface area contributed by atoms with Crippen LogP contribution in [-0.2, 0) is 13.1 Å². The van der Waals surface area contributed by atoms with E-state index in [4.69, 9.17) is 0 Å². The number of pyridine rings is 1. The molecule has 2 atom stereocenters. The second-order valence-corrected chi connectivity index (χ2v) is 8.33. The Bertz CT molecular complexity index is 1110. The van der Waals surface area contributed by atoms with Gasteiger partial charge in [-0.1, -0.05) is 12.1 Å². The van der Waals surface area contributed by atoms with E-state index in [1.807, 2.05) is 0 Å². The zero-order valence-electron chi connectivity index (χ0n) is 16.9. The van der Waals surface area contributed by atoms with Crippen LogP contribution in [0.4, 0.5) is 4.39 Å². The molecule has 2 saturated heterocycles. The number of amides is 2. The Labute approximate surface area is 177 Å². The molecule has 1 aromatic heterocycles. The van der Waals surface area contributed by atoms with Crippen molar-refractivity contribution in [2.24, 2.45) is 0 Å². The van der Waals surface area contributed by atoms with Gasteiger partial charge in [0, 0.05) is 31.9 Å². The molecule has 3 aliphatic heterocycles. The number of halogens is 1.